The highest BCUT2D eigenvalue weighted by molar-refractivity contribution is 4.98. The van der Waals surface area contributed by atoms with Crippen LogP contribution < -0.4 is 5.73 Å². The van der Waals surface area contributed by atoms with E-state index in [1.165, 1.54) is 12.8 Å². The Labute approximate surface area is 127 Å². The molecule has 1 heterocycles. The van der Waals surface area contributed by atoms with Crippen LogP contribution in [0.15, 0.2) is 4.52 Å². The average Bonchev–Trinajstić information content (AvgIpc) is 2.84. The van der Waals surface area contributed by atoms with E-state index in [-0.39, 0.29) is 6.10 Å². The van der Waals surface area contributed by atoms with Gasteiger partial charge < -0.3 is 15.0 Å². The van der Waals surface area contributed by atoms with Crippen LogP contribution in [0.3, 0.4) is 0 Å². The summed E-state index contributed by atoms with van der Waals surface area (Å²) >= 11 is 0. The zero-order chi connectivity index (χ0) is 15.6. The first-order chi connectivity index (χ1) is 9.77. The molecular weight excluding hydrogens is 266 g/mol. The molecule has 1 saturated carbocycles. The largest absolute Gasteiger partial charge is 0.368 e. The summed E-state index contributed by atoms with van der Waals surface area (Å²) in [6.45, 7) is 11.0. The number of ether oxygens (including phenoxy) is 1. The maximum atomic E-state index is 6.10. The summed E-state index contributed by atoms with van der Waals surface area (Å²) < 4.78 is 11.3. The van der Waals surface area contributed by atoms with E-state index in [9.17, 15) is 0 Å². The van der Waals surface area contributed by atoms with Gasteiger partial charge in [-0.3, -0.25) is 0 Å². The second-order valence-electron chi connectivity index (χ2n) is 7.41. The molecule has 3 unspecified atom stereocenters. The van der Waals surface area contributed by atoms with Crippen LogP contribution in [0.25, 0.3) is 0 Å². The van der Waals surface area contributed by atoms with Crippen LogP contribution in [0.4, 0.5) is 0 Å². The molecule has 120 valence electrons. The van der Waals surface area contributed by atoms with Crippen molar-refractivity contribution in [3.63, 3.8) is 0 Å². The van der Waals surface area contributed by atoms with E-state index in [1.807, 2.05) is 13.8 Å². The SMILES string of the molecule is CC1CCC(C(C)C)C(OCc2nc(C(C)(C)N)no2)C1. The molecule has 0 aromatic carbocycles. The minimum atomic E-state index is -0.582. The van der Waals surface area contributed by atoms with E-state index in [1.54, 1.807) is 0 Å². The lowest BCUT2D eigenvalue weighted by Crippen LogP contribution is -2.34. The van der Waals surface area contributed by atoms with Gasteiger partial charge in [0.15, 0.2) is 5.82 Å². The molecule has 0 bridgehead atoms. The van der Waals surface area contributed by atoms with Crippen molar-refractivity contribution in [2.24, 2.45) is 23.5 Å². The standard InChI is InChI=1S/C16H29N3O2/c1-10(2)12-7-6-11(3)8-13(12)20-9-14-18-15(19-21-14)16(4,5)17/h10-13H,6-9,17H2,1-5H3. The Morgan fingerprint density at radius 2 is 2.10 bits per heavy atom. The van der Waals surface area contributed by atoms with Gasteiger partial charge in [-0.05, 0) is 44.4 Å². The summed E-state index contributed by atoms with van der Waals surface area (Å²) in [4.78, 5) is 4.33. The maximum absolute atomic E-state index is 6.10. The molecule has 0 amide bonds. The first kappa shape index (κ1) is 16.4. The topological polar surface area (TPSA) is 74.2 Å². The zero-order valence-corrected chi connectivity index (χ0v) is 13.9. The second kappa shape index (κ2) is 6.44. The molecule has 2 rings (SSSR count). The minimum absolute atomic E-state index is 0.287. The molecule has 5 heteroatoms. The van der Waals surface area contributed by atoms with Gasteiger partial charge >= 0.3 is 0 Å². The minimum Gasteiger partial charge on any atom is -0.368 e. The molecule has 1 aromatic heterocycles. The molecule has 1 fully saturated rings. The molecule has 0 spiro atoms. The average molecular weight is 295 g/mol. The van der Waals surface area contributed by atoms with E-state index < -0.39 is 5.54 Å². The van der Waals surface area contributed by atoms with Crippen molar-refractivity contribution < 1.29 is 9.26 Å². The van der Waals surface area contributed by atoms with Crippen LogP contribution >= 0.6 is 0 Å². The van der Waals surface area contributed by atoms with Gasteiger partial charge in [0.05, 0.1) is 11.6 Å². The van der Waals surface area contributed by atoms with Crippen LogP contribution in [0.5, 0.6) is 0 Å². The Bertz CT molecular complexity index is 451. The van der Waals surface area contributed by atoms with Gasteiger partial charge in [0.2, 0.25) is 0 Å². The second-order valence-corrected chi connectivity index (χ2v) is 7.41. The van der Waals surface area contributed by atoms with Crippen LogP contribution in [-0.2, 0) is 16.9 Å². The summed E-state index contributed by atoms with van der Waals surface area (Å²) in [5, 5.41) is 3.93. The van der Waals surface area contributed by atoms with Crippen LogP contribution in [0.1, 0.15) is 65.6 Å². The molecule has 0 radical (unpaired) electrons. The summed E-state index contributed by atoms with van der Waals surface area (Å²) in [5.41, 5.74) is 5.38. The number of nitrogens with two attached hydrogens (primary N) is 1. The van der Waals surface area contributed by atoms with Crippen molar-refractivity contribution in [3.8, 4) is 0 Å². The summed E-state index contributed by atoms with van der Waals surface area (Å²) in [6, 6.07) is 0. The van der Waals surface area contributed by atoms with Crippen molar-refractivity contribution in [3.05, 3.63) is 11.7 Å². The van der Waals surface area contributed by atoms with E-state index in [0.717, 1.165) is 12.3 Å². The fourth-order valence-electron chi connectivity index (χ4n) is 3.06. The highest BCUT2D eigenvalue weighted by Gasteiger charge is 2.32. The van der Waals surface area contributed by atoms with Gasteiger partial charge in [0.1, 0.15) is 6.61 Å². The Morgan fingerprint density at radius 3 is 2.67 bits per heavy atom. The van der Waals surface area contributed by atoms with Crippen molar-refractivity contribution in [1.82, 2.24) is 10.1 Å². The predicted molar refractivity (Wildman–Crippen MR) is 81.4 cm³/mol. The normalized spacial score (nSPS) is 27.3. The molecule has 1 aromatic rings. The Kier molecular flexibility index (Phi) is 5.04. The number of hydrogen-bond acceptors (Lipinski definition) is 5. The lowest BCUT2D eigenvalue weighted by atomic mass is 9.75. The smallest absolute Gasteiger partial charge is 0.252 e. The molecule has 2 N–H and O–H groups in total. The molecule has 0 saturated heterocycles. The maximum Gasteiger partial charge on any atom is 0.252 e. The summed E-state index contributed by atoms with van der Waals surface area (Å²) in [6.07, 6.45) is 3.95. The van der Waals surface area contributed by atoms with Crippen LogP contribution in [0.2, 0.25) is 0 Å². The monoisotopic (exact) mass is 295 g/mol. The van der Waals surface area contributed by atoms with Crippen molar-refractivity contribution in [2.75, 3.05) is 0 Å². The summed E-state index contributed by atoms with van der Waals surface area (Å²) in [5.74, 6) is 3.03. The van der Waals surface area contributed by atoms with Crippen molar-refractivity contribution in [2.45, 2.75) is 72.1 Å². The number of aromatic nitrogens is 2. The van der Waals surface area contributed by atoms with Crippen molar-refractivity contribution in [1.29, 1.82) is 0 Å². The zero-order valence-electron chi connectivity index (χ0n) is 13.9. The van der Waals surface area contributed by atoms with Crippen LogP contribution in [-0.4, -0.2) is 16.2 Å². The summed E-state index contributed by atoms with van der Waals surface area (Å²) in [7, 11) is 0. The number of rotatable bonds is 5. The Hall–Kier alpha value is -0.940. The molecule has 1 aliphatic rings. The van der Waals surface area contributed by atoms with Gasteiger partial charge in [-0.2, -0.15) is 4.98 Å². The third kappa shape index (κ3) is 4.27. The third-order valence-corrected chi connectivity index (χ3v) is 4.43. The van der Waals surface area contributed by atoms with Gasteiger partial charge in [-0.25, -0.2) is 0 Å². The van der Waals surface area contributed by atoms with Crippen LogP contribution in [0, 0.1) is 17.8 Å². The number of hydrogen-bond donors (Lipinski definition) is 1. The third-order valence-electron chi connectivity index (χ3n) is 4.43. The fourth-order valence-corrected chi connectivity index (χ4v) is 3.06. The molecule has 3 atom stereocenters. The Balaban J connectivity index is 1.95. The quantitative estimate of drug-likeness (QED) is 0.902. The van der Waals surface area contributed by atoms with E-state index in [4.69, 9.17) is 15.0 Å². The van der Waals surface area contributed by atoms with E-state index in [2.05, 4.69) is 30.9 Å². The van der Waals surface area contributed by atoms with Gasteiger partial charge in [-0.1, -0.05) is 32.3 Å². The fraction of sp³-hybridized carbons (Fsp3) is 0.875. The molecule has 5 nitrogen and oxygen atoms in total. The molecule has 1 aliphatic carbocycles. The first-order valence-electron chi connectivity index (χ1n) is 8.01. The van der Waals surface area contributed by atoms with E-state index >= 15 is 0 Å². The van der Waals surface area contributed by atoms with Gasteiger partial charge in [0, 0.05) is 0 Å². The van der Waals surface area contributed by atoms with E-state index in [0.29, 0.717) is 30.2 Å². The predicted octanol–water partition coefficient (Wildman–Crippen LogP) is 3.24. The highest BCUT2D eigenvalue weighted by atomic mass is 16.5. The molecule has 21 heavy (non-hydrogen) atoms. The van der Waals surface area contributed by atoms with Crippen molar-refractivity contribution >= 4 is 0 Å². The molecular formula is C16H29N3O2. The first-order valence-corrected chi connectivity index (χ1v) is 8.01. The van der Waals surface area contributed by atoms with Gasteiger partial charge in [0.25, 0.3) is 5.89 Å². The lowest BCUT2D eigenvalue weighted by molar-refractivity contribution is -0.0547. The number of nitrogens with zero attached hydrogens (tertiary/aromatic N) is 2. The Morgan fingerprint density at radius 1 is 1.38 bits per heavy atom. The molecule has 0 aliphatic heterocycles. The lowest BCUT2D eigenvalue weighted by Gasteiger charge is -2.36. The van der Waals surface area contributed by atoms with Gasteiger partial charge in [-0.15, -0.1) is 0 Å². The highest BCUT2D eigenvalue weighted by Crippen LogP contribution is 2.35.